The van der Waals surface area contributed by atoms with Crippen molar-refractivity contribution in [3.05, 3.63) is 60.7 Å². The highest BCUT2D eigenvalue weighted by Gasteiger charge is 2.22. The van der Waals surface area contributed by atoms with Crippen LogP contribution in [0.5, 0.6) is 0 Å². The molecule has 0 aromatic heterocycles. The van der Waals surface area contributed by atoms with E-state index in [9.17, 15) is 9.59 Å². The number of piperidine rings is 1. The van der Waals surface area contributed by atoms with Crippen molar-refractivity contribution in [1.29, 1.82) is 0 Å². The summed E-state index contributed by atoms with van der Waals surface area (Å²) in [6.45, 7) is 2.42. The number of anilines is 2. The standard InChI is InChI=1S/C22H27N3O4.ClH/c26-21(23-18-10-4-1-5-11-18)28-17-20(16-25-14-8-3-9-15-25)29-22(27)24-19-12-6-2-7-13-19;/h1-2,4-7,10-13,20H,3,8-9,14-17H2,(H,23,26)(H,24,27);1H/t20-;/m1./s1. The van der Waals surface area contributed by atoms with E-state index in [0.29, 0.717) is 17.9 Å². The first-order valence-corrected chi connectivity index (χ1v) is 9.93. The Kier molecular flexibility index (Phi) is 9.97. The molecule has 0 saturated carbocycles. The number of para-hydroxylation sites is 2. The van der Waals surface area contributed by atoms with Crippen LogP contribution < -0.4 is 10.6 Å². The average Bonchev–Trinajstić information content (AvgIpc) is 2.74. The maximum Gasteiger partial charge on any atom is 0.412 e. The fourth-order valence-corrected chi connectivity index (χ4v) is 3.22. The van der Waals surface area contributed by atoms with E-state index in [1.54, 1.807) is 24.3 Å². The predicted molar refractivity (Wildman–Crippen MR) is 119 cm³/mol. The molecule has 162 valence electrons. The minimum absolute atomic E-state index is 0. The van der Waals surface area contributed by atoms with Crippen molar-refractivity contribution in [3.63, 3.8) is 0 Å². The van der Waals surface area contributed by atoms with Gasteiger partial charge in [-0.05, 0) is 50.2 Å². The van der Waals surface area contributed by atoms with Crippen LogP contribution >= 0.6 is 12.4 Å². The zero-order valence-corrected chi connectivity index (χ0v) is 17.6. The number of likely N-dealkylation sites (tertiary alicyclic amines) is 1. The lowest BCUT2D eigenvalue weighted by molar-refractivity contribution is 0.0299. The van der Waals surface area contributed by atoms with E-state index in [1.165, 1.54) is 6.42 Å². The first-order valence-electron chi connectivity index (χ1n) is 9.93. The lowest BCUT2D eigenvalue weighted by Gasteiger charge is -2.30. The number of hydrogen-bond acceptors (Lipinski definition) is 5. The van der Waals surface area contributed by atoms with E-state index in [-0.39, 0.29) is 19.0 Å². The van der Waals surface area contributed by atoms with Gasteiger partial charge in [0.15, 0.2) is 6.10 Å². The summed E-state index contributed by atoms with van der Waals surface area (Å²) >= 11 is 0. The lowest BCUT2D eigenvalue weighted by atomic mass is 10.1. The van der Waals surface area contributed by atoms with Gasteiger partial charge in [-0.2, -0.15) is 0 Å². The molecule has 8 heteroatoms. The highest BCUT2D eigenvalue weighted by atomic mass is 35.5. The molecule has 0 bridgehead atoms. The van der Waals surface area contributed by atoms with E-state index < -0.39 is 18.3 Å². The van der Waals surface area contributed by atoms with Crippen molar-refractivity contribution in [2.75, 3.05) is 36.9 Å². The Hall–Kier alpha value is -2.77. The summed E-state index contributed by atoms with van der Waals surface area (Å²) in [5.74, 6) is 0. The monoisotopic (exact) mass is 433 g/mol. The third-order valence-electron chi connectivity index (χ3n) is 4.62. The minimum Gasteiger partial charge on any atom is -0.445 e. The molecule has 2 aromatic carbocycles. The first-order chi connectivity index (χ1) is 14.2. The van der Waals surface area contributed by atoms with Crippen LogP contribution in [0.2, 0.25) is 0 Å². The third kappa shape index (κ3) is 8.31. The number of carbonyl (C=O) groups excluding carboxylic acids is 2. The molecule has 30 heavy (non-hydrogen) atoms. The number of rotatable bonds is 7. The Labute approximate surface area is 183 Å². The molecule has 1 aliphatic heterocycles. The number of hydrogen-bond donors (Lipinski definition) is 2. The van der Waals surface area contributed by atoms with Crippen LogP contribution in [0, 0.1) is 0 Å². The van der Waals surface area contributed by atoms with Gasteiger partial charge >= 0.3 is 12.2 Å². The molecule has 0 spiro atoms. The van der Waals surface area contributed by atoms with Crippen LogP contribution in [0.1, 0.15) is 19.3 Å². The molecule has 0 unspecified atom stereocenters. The van der Waals surface area contributed by atoms with Crippen molar-refractivity contribution in [2.45, 2.75) is 25.4 Å². The van der Waals surface area contributed by atoms with Crippen LogP contribution in [0.4, 0.5) is 21.0 Å². The molecule has 7 nitrogen and oxygen atoms in total. The summed E-state index contributed by atoms with van der Waals surface area (Å²) in [7, 11) is 0. The number of nitrogens with zero attached hydrogens (tertiary/aromatic N) is 1. The number of benzene rings is 2. The topological polar surface area (TPSA) is 79.9 Å². The molecule has 1 aliphatic rings. The largest absolute Gasteiger partial charge is 0.445 e. The fourth-order valence-electron chi connectivity index (χ4n) is 3.22. The molecule has 2 aromatic rings. The van der Waals surface area contributed by atoms with Gasteiger partial charge in [0, 0.05) is 17.9 Å². The first kappa shape index (κ1) is 23.5. The Balaban J connectivity index is 0.00000320. The Morgan fingerprint density at radius 3 is 1.93 bits per heavy atom. The van der Waals surface area contributed by atoms with Gasteiger partial charge < -0.3 is 9.47 Å². The van der Waals surface area contributed by atoms with Crippen molar-refractivity contribution in [2.24, 2.45) is 0 Å². The van der Waals surface area contributed by atoms with E-state index >= 15 is 0 Å². The van der Waals surface area contributed by atoms with Gasteiger partial charge in [-0.3, -0.25) is 15.5 Å². The third-order valence-corrected chi connectivity index (χ3v) is 4.62. The Bertz CT molecular complexity index is 770. The summed E-state index contributed by atoms with van der Waals surface area (Å²) in [4.78, 5) is 26.6. The predicted octanol–water partition coefficient (Wildman–Crippen LogP) is 4.76. The van der Waals surface area contributed by atoms with Gasteiger partial charge in [0.1, 0.15) is 6.61 Å². The zero-order chi connectivity index (χ0) is 20.3. The van der Waals surface area contributed by atoms with Crippen LogP contribution in [0.3, 0.4) is 0 Å². The van der Waals surface area contributed by atoms with Gasteiger partial charge in [0.05, 0.1) is 0 Å². The molecular weight excluding hydrogens is 406 g/mol. The summed E-state index contributed by atoms with van der Waals surface area (Å²) in [6.07, 6.45) is 1.76. The number of nitrogens with one attached hydrogen (secondary N) is 2. The molecule has 1 fully saturated rings. The number of carbonyl (C=O) groups is 2. The average molecular weight is 434 g/mol. The number of amides is 2. The van der Waals surface area contributed by atoms with Crippen LogP contribution in [0.15, 0.2) is 60.7 Å². The van der Waals surface area contributed by atoms with Gasteiger partial charge in [0.2, 0.25) is 0 Å². The SMILES string of the molecule is Cl.O=C(Nc1ccccc1)OC[C@@H](CN1CCCCC1)OC(=O)Nc1ccccc1. The van der Waals surface area contributed by atoms with Gasteiger partial charge in [-0.1, -0.05) is 42.8 Å². The fraction of sp³-hybridized carbons (Fsp3) is 0.364. The molecule has 1 atom stereocenters. The maximum absolute atomic E-state index is 12.3. The van der Waals surface area contributed by atoms with Gasteiger partial charge in [0.25, 0.3) is 0 Å². The molecule has 1 saturated heterocycles. The Morgan fingerprint density at radius 1 is 0.833 bits per heavy atom. The normalized spacial score (nSPS) is 14.7. The number of halogens is 1. The summed E-state index contributed by atoms with van der Waals surface area (Å²) < 4.78 is 10.9. The lowest BCUT2D eigenvalue weighted by Crippen LogP contribution is -2.41. The quantitative estimate of drug-likeness (QED) is 0.658. The van der Waals surface area contributed by atoms with E-state index in [0.717, 1.165) is 25.9 Å². The minimum atomic E-state index is -0.577. The van der Waals surface area contributed by atoms with Crippen molar-refractivity contribution >= 4 is 36.0 Å². The van der Waals surface area contributed by atoms with E-state index in [1.807, 2.05) is 36.4 Å². The summed E-state index contributed by atoms with van der Waals surface area (Å²) in [5.41, 5.74) is 1.30. The van der Waals surface area contributed by atoms with E-state index in [2.05, 4.69) is 15.5 Å². The molecule has 2 N–H and O–H groups in total. The molecule has 0 radical (unpaired) electrons. The Morgan fingerprint density at radius 2 is 1.37 bits per heavy atom. The van der Waals surface area contributed by atoms with Gasteiger partial charge in [-0.15, -0.1) is 12.4 Å². The molecule has 1 heterocycles. The van der Waals surface area contributed by atoms with Crippen LogP contribution in [-0.2, 0) is 9.47 Å². The van der Waals surface area contributed by atoms with Crippen LogP contribution in [-0.4, -0.2) is 49.4 Å². The highest BCUT2D eigenvalue weighted by Crippen LogP contribution is 2.12. The number of ether oxygens (including phenoxy) is 2. The van der Waals surface area contributed by atoms with Crippen molar-refractivity contribution in [3.8, 4) is 0 Å². The summed E-state index contributed by atoms with van der Waals surface area (Å²) in [5, 5.41) is 5.36. The molecule has 0 aliphatic carbocycles. The van der Waals surface area contributed by atoms with Crippen molar-refractivity contribution in [1.82, 2.24) is 4.90 Å². The second-order valence-corrected chi connectivity index (χ2v) is 6.97. The van der Waals surface area contributed by atoms with E-state index in [4.69, 9.17) is 9.47 Å². The van der Waals surface area contributed by atoms with Crippen LogP contribution in [0.25, 0.3) is 0 Å². The molecule has 3 rings (SSSR count). The highest BCUT2D eigenvalue weighted by molar-refractivity contribution is 5.86. The smallest absolute Gasteiger partial charge is 0.412 e. The molecule has 2 amide bonds. The second kappa shape index (κ2) is 12.7. The second-order valence-electron chi connectivity index (χ2n) is 6.97. The molecular formula is C22H28ClN3O4. The summed E-state index contributed by atoms with van der Waals surface area (Å²) in [6, 6.07) is 18.2. The van der Waals surface area contributed by atoms with Crippen molar-refractivity contribution < 1.29 is 19.1 Å². The maximum atomic E-state index is 12.3. The zero-order valence-electron chi connectivity index (χ0n) is 16.8. The van der Waals surface area contributed by atoms with Gasteiger partial charge in [-0.25, -0.2) is 9.59 Å².